The van der Waals surface area contributed by atoms with Crippen molar-refractivity contribution < 1.29 is 9.32 Å². The lowest BCUT2D eigenvalue weighted by molar-refractivity contribution is 0.0378. The van der Waals surface area contributed by atoms with Gasteiger partial charge in [0.05, 0.1) is 11.8 Å². The van der Waals surface area contributed by atoms with E-state index in [4.69, 9.17) is 4.52 Å². The first-order valence-corrected chi connectivity index (χ1v) is 7.29. The summed E-state index contributed by atoms with van der Waals surface area (Å²) in [5, 5.41) is 10.7. The molecule has 4 rings (SSSR count). The molecule has 0 spiro atoms. The van der Waals surface area contributed by atoms with E-state index in [1.807, 2.05) is 19.1 Å². The Hall–Kier alpha value is -3.03. The Morgan fingerprint density at radius 2 is 2.35 bits per heavy atom. The van der Waals surface area contributed by atoms with Crippen LogP contribution in [0.3, 0.4) is 0 Å². The van der Waals surface area contributed by atoms with Crippen molar-refractivity contribution in [2.45, 2.75) is 19.4 Å². The van der Waals surface area contributed by atoms with Crippen molar-refractivity contribution in [3.63, 3.8) is 0 Å². The molecule has 0 aliphatic carbocycles. The molecule has 1 amide bonds. The van der Waals surface area contributed by atoms with Crippen LogP contribution in [0.15, 0.2) is 35.2 Å². The van der Waals surface area contributed by atoms with Gasteiger partial charge < -0.3 is 9.42 Å². The van der Waals surface area contributed by atoms with E-state index in [1.54, 1.807) is 23.5 Å². The largest absolute Gasteiger partial charge is 0.337 e. The zero-order valence-electron chi connectivity index (χ0n) is 12.4. The number of carbonyl (C=O) groups excluding carboxylic acids is 1. The van der Waals surface area contributed by atoms with Crippen LogP contribution in [0, 0.1) is 6.92 Å². The van der Waals surface area contributed by atoms with E-state index in [9.17, 15) is 4.79 Å². The Bertz CT molecular complexity index is 841. The molecule has 0 unspecified atom stereocenters. The Morgan fingerprint density at radius 1 is 1.43 bits per heavy atom. The maximum atomic E-state index is 12.5. The molecule has 0 bridgehead atoms. The highest BCUT2D eigenvalue weighted by Gasteiger charge is 2.38. The molecule has 1 N–H and O–H groups in total. The minimum absolute atomic E-state index is 0.0753. The normalized spacial score (nSPS) is 17.1. The summed E-state index contributed by atoms with van der Waals surface area (Å²) in [6.07, 6.45) is 5.70. The fourth-order valence-electron chi connectivity index (χ4n) is 2.59. The summed E-state index contributed by atoms with van der Waals surface area (Å²) in [6.45, 7) is 2.49. The van der Waals surface area contributed by atoms with E-state index in [-0.39, 0.29) is 11.9 Å². The van der Waals surface area contributed by atoms with E-state index >= 15 is 0 Å². The van der Waals surface area contributed by atoms with E-state index in [1.165, 1.54) is 0 Å². The van der Waals surface area contributed by atoms with Crippen LogP contribution in [0.5, 0.6) is 0 Å². The highest BCUT2D eigenvalue weighted by molar-refractivity contribution is 5.95. The number of H-pyrrole nitrogens is 1. The van der Waals surface area contributed by atoms with E-state index < -0.39 is 0 Å². The third-order valence-electron chi connectivity index (χ3n) is 3.99. The summed E-state index contributed by atoms with van der Waals surface area (Å²) in [5.41, 5.74) is 2.11. The lowest BCUT2D eigenvalue weighted by Gasteiger charge is -2.38. The van der Waals surface area contributed by atoms with E-state index in [2.05, 4.69) is 25.3 Å². The first-order chi connectivity index (χ1) is 11.2. The molecule has 1 fully saturated rings. The van der Waals surface area contributed by atoms with Crippen LogP contribution in [0.1, 0.15) is 34.4 Å². The summed E-state index contributed by atoms with van der Waals surface area (Å²) in [7, 11) is 0. The van der Waals surface area contributed by atoms with Crippen LogP contribution in [0.25, 0.3) is 11.4 Å². The number of nitrogens with one attached hydrogen (secondary N) is 1. The highest BCUT2D eigenvalue weighted by Crippen LogP contribution is 2.34. The van der Waals surface area contributed by atoms with E-state index in [0.717, 1.165) is 17.7 Å². The molecule has 1 atom stereocenters. The zero-order valence-corrected chi connectivity index (χ0v) is 12.4. The predicted molar refractivity (Wildman–Crippen MR) is 79.2 cm³/mol. The Morgan fingerprint density at radius 3 is 3.00 bits per heavy atom. The Kier molecular flexibility index (Phi) is 3.14. The van der Waals surface area contributed by atoms with Crippen LogP contribution in [-0.4, -0.2) is 42.7 Å². The van der Waals surface area contributed by atoms with Gasteiger partial charge in [0.25, 0.3) is 5.91 Å². The number of hydrogen-bond donors (Lipinski definition) is 1. The zero-order chi connectivity index (χ0) is 15.8. The number of nitrogens with zero attached hydrogens (tertiary/aromatic N) is 5. The van der Waals surface area contributed by atoms with Crippen LogP contribution in [0.2, 0.25) is 0 Å². The van der Waals surface area contributed by atoms with Crippen molar-refractivity contribution >= 4 is 5.91 Å². The number of carbonyl (C=O) groups is 1. The molecule has 3 aromatic rings. The van der Waals surface area contributed by atoms with Gasteiger partial charge in [-0.05, 0) is 25.5 Å². The highest BCUT2D eigenvalue weighted by atomic mass is 16.5. The van der Waals surface area contributed by atoms with Gasteiger partial charge in [-0.2, -0.15) is 10.1 Å². The van der Waals surface area contributed by atoms with Crippen LogP contribution in [-0.2, 0) is 0 Å². The molecule has 0 aromatic carbocycles. The molecule has 4 heterocycles. The average Bonchev–Trinajstić information content (AvgIpc) is 3.16. The third-order valence-corrected chi connectivity index (χ3v) is 3.99. The second-order valence-corrected chi connectivity index (χ2v) is 5.41. The van der Waals surface area contributed by atoms with Gasteiger partial charge in [-0.1, -0.05) is 5.16 Å². The Labute approximate surface area is 131 Å². The molecule has 8 heteroatoms. The smallest absolute Gasteiger partial charge is 0.257 e. The number of amides is 1. The van der Waals surface area contributed by atoms with Crippen molar-refractivity contribution in [1.29, 1.82) is 0 Å². The first kappa shape index (κ1) is 13.6. The number of likely N-dealkylation sites (tertiary alicyclic amines) is 1. The van der Waals surface area contributed by atoms with Crippen molar-refractivity contribution in [2.75, 3.05) is 6.54 Å². The summed E-state index contributed by atoms with van der Waals surface area (Å²) < 4.78 is 5.34. The van der Waals surface area contributed by atoms with Crippen LogP contribution < -0.4 is 0 Å². The fraction of sp³-hybridized carbons (Fsp3) is 0.267. The molecule has 0 radical (unpaired) electrons. The molecule has 3 aromatic heterocycles. The van der Waals surface area contributed by atoms with Crippen molar-refractivity contribution in [3.8, 4) is 11.4 Å². The van der Waals surface area contributed by atoms with Gasteiger partial charge in [-0.3, -0.25) is 14.9 Å². The van der Waals surface area contributed by atoms with E-state index in [0.29, 0.717) is 23.8 Å². The standard InChI is InChI=1S/C15H14N6O2/c1-9-11(8-17-19-9)15(22)21-6-4-12(21)14-18-13(20-23-14)10-3-2-5-16-7-10/h2-3,5,7-8,12H,4,6H2,1H3,(H,17,19)/t12-/m1/s1. The first-order valence-electron chi connectivity index (χ1n) is 7.29. The maximum Gasteiger partial charge on any atom is 0.257 e. The predicted octanol–water partition coefficient (Wildman–Crippen LogP) is 1.75. The molecule has 0 saturated carbocycles. The van der Waals surface area contributed by atoms with Gasteiger partial charge in [0.2, 0.25) is 11.7 Å². The Balaban J connectivity index is 1.56. The lowest BCUT2D eigenvalue weighted by atomic mass is 10.0. The second kappa shape index (κ2) is 5.31. The van der Waals surface area contributed by atoms with Crippen LogP contribution in [0.4, 0.5) is 0 Å². The van der Waals surface area contributed by atoms with Crippen molar-refractivity contribution in [3.05, 3.63) is 47.9 Å². The molecular weight excluding hydrogens is 296 g/mol. The summed E-state index contributed by atoms with van der Waals surface area (Å²) >= 11 is 0. The van der Waals surface area contributed by atoms with Crippen molar-refractivity contribution in [2.24, 2.45) is 0 Å². The van der Waals surface area contributed by atoms with Gasteiger partial charge in [0, 0.05) is 30.2 Å². The topological polar surface area (TPSA) is 101 Å². The third kappa shape index (κ3) is 2.28. The minimum atomic E-state index is -0.185. The molecule has 8 nitrogen and oxygen atoms in total. The van der Waals surface area contributed by atoms with Gasteiger partial charge in [-0.25, -0.2) is 0 Å². The summed E-state index contributed by atoms with van der Waals surface area (Å²) in [6, 6.07) is 3.49. The maximum absolute atomic E-state index is 12.5. The molecule has 23 heavy (non-hydrogen) atoms. The number of rotatable bonds is 3. The van der Waals surface area contributed by atoms with Crippen molar-refractivity contribution in [1.82, 2.24) is 30.2 Å². The number of aryl methyl sites for hydroxylation is 1. The summed E-state index contributed by atoms with van der Waals surface area (Å²) in [5.74, 6) is 0.852. The van der Waals surface area contributed by atoms with Gasteiger partial charge in [0.1, 0.15) is 6.04 Å². The fourth-order valence-corrected chi connectivity index (χ4v) is 2.59. The number of hydrogen-bond acceptors (Lipinski definition) is 6. The molecular formula is C15H14N6O2. The van der Waals surface area contributed by atoms with Crippen LogP contribution >= 0.6 is 0 Å². The number of aromatic nitrogens is 5. The SMILES string of the molecule is Cc1[nH]ncc1C(=O)N1CC[C@@H]1c1nc(-c2cccnc2)no1. The van der Waals surface area contributed by atoms with Gasteiger partial charge >= 0.3 is 0 Å². The lowest BCUT2D eigenvalue weighted by Crippen LogP contribution is -2.45. The second-order valence-electron chi connectivity index (χ2n) is 5.41. The quantitative estimate of drug-likeness (QED) is 0.791. The summed E-state index contributed by atoms with van der Waals surface area (Å²) in [4.78, 5) is 22.7. The van der Waals surface area contributed by atoms with Gasteiger partial charge in [0.15, 0.2) is 0 Å². The monoisotopic (exact) mass is 310 g/mol. The van der Waals surface area contributed by atoms with Gasteiger partial charge in [-0.15, -0.1) is 0 Å². The molecule has 116 valence electrons. The number of pyridine rings is 1. The number of aromatic amines is 1. The average molecular weight is 310 g/mol. The molecule has 1 aliphatic rings. The molecule has 1 saturated heterocycles. The minimum Gasteiger partial charge on any atom is -0.337 e. The molecule has 1 aliphatic heterocycles.